The molecule has 0 bridgehead atoms. The van der Waals surface area contributed by atoms with Crippen LogP contribution in [0, 0.1) is 6.92 Å². The second-order valence-electron chi connectivity index (χ2n) is 2.72. The first kappa shape index (κ1) is 10.1. The second kappa shape index (κ2) is 4.33. The topological polar surface area (TPSA) is 34.1 Å². The van der Waals surface area contributed by atoms with E-state index in [9.17, 15) is 9.59 Å². The van der Waals surface area contributed by atoms with Gasteiger partial charge in [-0.1, -0.05) is 40.2 Å². The third kappa shape index (κ3) is 2.25. The Morgan fingerprint density at radius 3 is 2.62 bits per heavy atom. The fraction of sp³-hybridized carbons (Fsp3) is 0.200. The molecule has 68 valence electrons. The molecule has 1 atom stereocenters. The quantitative estimate of drug-likeness (QED) is 0.351. The number of rotatable bonds is 3. The molecule has 0 N–H and O–H groups in total. The fourth-order valence-electron chi connectivity index (χ4n) is 1.06. The van der Waals surface area contributed by atoms with Crippen molar-refractivity contribution in [3.63, 3.8) is 0 Å². The molecule has 1 rings (SSSR count). The highest BCUT2D eigenvalue weighted by molar-refractivity contribution is 9.10. The highest BCUT2D eigenvalue weighted by atomic mass is 79.9. The molecule has 1 aromatic carbocycles. The number of aryl methyl sites for hydroxylation is 1. The zero-order valence-corrected chi connectivity index (χ0v) is 8.74. The maximum atomic E-state index is 11.5. The van der Waals surface area contributed by atoms with Crippen molar-refractivity contribution < 1.29 is 9.59 Å². The molecule has 1 aromatic rings. The van der Waals surface area contributed by atoms with Gasteiger partial charge < -0.3 is 4.79 Å². The molecule has 0 aliphatic heterocycles. The molecule has 0 saturated carbocycles. The van der Waals surface area contributed by atoms with Gasteiger partial charge in [-0.2, -0.15) is 0 Å². The summed E-state index contributed by atoms with van der Waals surface area (Å²) in [5.74, 6) is -0.187. The van der Waals surface area contributed by atoms with Gasteiger partial charge in [0.1, 0.15) is 11.1 Å². The van der Waals surface area contributed by atoms with Crippen molar-refractivity contribution in [2.75, 3.05) is 0 Å². The number of hydrogen-bond acceptors (Lipinski definition) is 2. The lowest BCUT2D eigenvalue weighted by molar-refractivity contribution is -0.106. The molecule has 0 amide bonds. The van der Waals surface area contributed by atoms with Crippen LogP contribution in [0.15, 0.2) is 24.3 Å². The Morgan fingerprint density at radius 1 is 1.46 bits per heavy atom. The Bertz CT molecular complexity index is 333. The summed E-state index contributed by atoms with van der Waals surface area (Å²) in [5, 5.41) is 0. The second-order valence-corrected chi connectivity index (χ2v) is 3.70. The van der Waals surface area contributed by atoms with Crippen molar-refractivity contribution in [2.45, 2.75) is 11.8 Å². The van der Waals surface area contributed by atoms with Crippen LogP contribution in [-0.2, 0) is 4.79 Å². The van der Waals surface area contributed by atoms with E-state index in [0.29, 0.717) is 11.8 Å². The van der Waals surface area contributed by atoms with Crippen molar-refractivity contribution in [1.82, 2.24) is 0 Å². The summed E-state index contributed by atoms with van der Waals surface area (Å²) in [6.07, 6.45) is 0.592. The van der Waals surface area contributed by atoms with Gasteiger partial charge >= 0.3 is 0 Å². The zero-order chi connectivity index (χ0) is 9.84. The molecule has 0 aromatic heterocycles. The van der Waals surface area contributed by atoms with E-state index in [1.807, 2.05) is 19.1 Å². The van der Waals surface area contributed by atoms with Crippen molar-refractivity contribution in [2.24, 2.45) is 0 Å². The summed E-state index contributed by atoms with van der Waals surface area (Å²) in [5.41, 5.74) is 1.48. The number of carbonyl (C=O) groups is 2. The van der Waals surface area contributed by atoms with E-state index in [0.717, 1.165) is 5.56 Å². The molecule has 1 unspecified atom stereocenters. The van der Waals surface area contributed by atoms with Crippen LogP contribution in [-0.4, -0.2) is 16.9 Å². The van der Waals surface area contributed by atoms with Crippen LogP contribution in [0.4, 0.5) is 0 Å². The molecule has 2 nitrogen and oxygen atoms in total. The predicted octanol–water partition coefficient (Wildman–Crippen LogP) is 2.14. The van der Waals surface area contributed by atoms with Gasteiger partial charge in [0.15, 0.2) is 5.78 Å². The summed E-state index contributed by atoms with van der Waals surface area (Å²) in [6.45, 7) is 1.84. The van der Waals surface area contributed by atoms with Crippen LogP contribution >= 0.6 is 15.9 Å². The molecule has 0 heterocycles. The standard InChI is InChI=1S/C10H9BrO2/c1-7-4-2-3-5-8(7)10(13)9(11)6-12/h2-6,9H,1H3. The highest BCUT2D eigenvalue weighted by Crippen LogP contribution is 2.12. The highest BCUT2D eigenvalue weighted by Gasteiger charge is 2.16. The van der Waals surface area contributed by atoms with Crippen LogP contribution in [0.1, 0.15) is 15.9 Å². The third-order valence-electron chi connectivity index (χ3n) is 1.78. The van der Waals surface area contributed by atoms with Gasteiger partial charge in [-0.3, -0.25) is 4.79 Å². The van der Waals surface area contributed by atoms with Crippen molar-refractivity contribution in [3.05, 3.63) is 35.4 Å². The molecule has 0 saturated heterocycles. The maximum Gasteiger partial charge on any atom is 0.183 e. The van der Waals surface area contributed by atoms with Gasteiger partial charge in [0, 0.05) is 5.56 Å². The Labute approximate surface area is 85.1 Å². The lowest BCUT2D eigenvalue weighted by Crippen LogP contribution is -2.16. The van der Waals surface area contributed by atoms with Crippen molar-refractivity contribution in [1.29, 1.82) is 0 Å². The number of aldehydes is 1. The molecule has 0 aliphatic rings. The van der Waals surface area contributed by atoms with Gasteiger partial charge in [0.2, 0.25) is 0 Å². The Balaban J connectivity index is 3.02. The van der Waals surface area contributed by atoms with Crippen LogP contribution in [0.25, 0.3) is 0 Å². The van der Waals surface area contributed by atoms with E-state index >= 15 is 0 Å². The van der Waals surface area contributed by atoms with Crippen LogP contribution in [0.2, 0.25) is 0 Å². The number of halogens is 1. The maximum absolute atomic E-state index is 11.5. The predicted molar refractivity (Wildman–Crippen MR) is 54.3 cm³/mol. The smallest absolute Gasteiger partial charge is 0.183 e. The van der Waals surface area contributed by atoms with E-state index in [2.05, 4.69) is 15.9 Å². The fourth-order valence-corrected chi connectivity index (χ4v) is 1.31. The van der Waals surface area contributed by atoms with Crippen molar-refractivity contribution >= 4 is 28.0 Å². The average Bonchev–Trinajstić information content (AvgIpc) is 2.16. The Kier molecular flexibility index (Phi) is 3.37. The molecule has 13 heavy (non-hydrogen) atoms. The van der Waals surface area contributed by atoms with E-state index in [1.165, 1.54) is 0 Å². The van der Waals surface area contributed by atoms with E-state index in [1.54, 1.807) is 12.1 Å². The number of hydrogen-bond donors (Lipinski definition) is 0. The molecule has 0 aliphatic carbocycles. The molecule has 3 heteroatoms. The van der Waals surface area contributed by atoms with Crippen LogP contribution in [0.5, 0.6) is 0 Å². The minimum atomic E-state index is -0.728. The van der Waals surface area contributed by atoms with Gasteiger partial charge in [-0.15, -0.1) is 0 Å². The Hall–Kier alpha value is -0.960. The lowest BCUT2D eigenvalue weighted by Gasteiger charge is -2.04. The van der Waals surface area contributed by atoms with Crippen molar-refractivity contribution in [3.8, 4) is 0 Å². The normalized spacial score (nSPS) is 12.2. The third-order valence-corrected chi connectivity index (χ3v) is 2.41. The van der Waals surface area contributed by atoms with Gasteiger partial charge in [-0.05, 0) is 12.5 Å². The summed E-state index contributed by atoms with van der Waals surface area (Å²) >= 11 is 3.00. The molecular formula is C10H9BrO2. The Morgan fingerprint density at radius 2 is 2.08 bits per heavy atom. The van der Waals surface area contributed by atoms with Gasteiger partial charge in [0.25, 0.3) is 0 Å². The molecular weight excluding hydrogens is 232 g/mol. The summed E-state index contributed by atoms with van der Waals surface area (Å²) in [7, 11) is 0. The number of alkyl halides is 1. The van der Waals surface area contributed by atoms with E-state index < -0.39 is 4.83 Å². The van der Waals surface area contributed by atoms with E-state index in [-0.39, 0.29) is 5.78 Å². The monoisotopic (exact) mass is 240 g/mol. The first-order valence-corrected chi connectivity index (χ1v) is 4.77. The number of ketones is 1. The number of Topliss-reactive ketones (excluding diaryl/α,β-unsaturated/α-hetero) is 1. The average molecular weight is 241 g/mol. The lowest BCUT2D eigenvalue weighted by atomic mass is 10.0. The summed E-state index contributed by atoms with van der Waals surface area (Å²) in [6, 6.07) is 7.20. The van der Waals surface area contributed by atoms with Gasteiger partial charge in [0.05, 0.1) is 0 Å². The molecule has 0 radical (unpaired) electrons. The largest absolute Gasteiger partial charge is 0.302 e. The van der Waals surface area contributed by atoms with Crippen LogP contribution in [0.3, 0.4) is 0 Å². The van der Waals surface area contributed by atoms with Crippen LogP contribution < -0.4 is 0 Å². The first-order chi connectivity index (χ1) is 6.16. The molecule has 0 fully saturated rings. The first-order valence-electron chi connectivity index (χ1n) is 3.86. The number of benzene rings is 1. The van der Waals surface area contributed by atoms with E-state index in [4.69, 9.17) is 0 Å². The summed E-state index contributed by atoms with van der Waals surface area (Å²) < 4.78 is 0. The van der Waals surface area contributed by atoms with Gasteiger partial charge in [-0.25, -0.2) is 0 Å². The minimum absolute atomic E-state index is 0.187. The zero-order valence-electron chi connectivity index (χ0n) is 7.16. The minimum Gasteiger partial charge on any atom is -0.302 e. The molecule has 0 spiro atoms. The summed E-state index contributed by atoms with van der Waals surface area (Å²) in [4.78, 5) is 21.2. The SMILES string of the molecule is Cc1ccccc1C(=O)C(Br)C=O. The number of carbonyl (C=O) groups excluding carboxylic acids is 2.